The largest absolute Gasteiger partial charge is 0.461 e. The molecule has 2 nitrogen and oxygen atoms in total. The molecule has 0 spiro atoms. The van der Waals surface area contributed by atoms with Crippen LogP contribution in [0.5, 0.6) is 0 Å². The van der Waals surface area contributed by atoms with Gasteiger partial charge in [-0.05, 0) is 18.6 Å². The topological polar surface area (TPSA) is 26.3 Å². The molecule has 1 rings (SSSR count). The highest BCUT2D eigenvalue weighted by atomic mass is 16.5. The lowest BCUT2D eigenvalue weighted by Crippen LogP contribution is -2.11. The van der Waals surface area contributed by atoms with Gasteiger partial charge in [-0.3, -0.25) is 4.79 Å². The van der Waals surface area contributed by atoms with Crippen LogP contribution < -0.4 is 0 Å². The van der Waals surface area contributed by atoms with Gasteiger partial charge in [0.2, 0.25) is 0 Å². The quantitative estimate of drug-likeness (QED) is 0.745. The second kappa shape index (κ2) is 9.46. The van der Waals surface area contributed by atoms with Crippen LogP contribution in [0.4, 0.5) is 0 Å². The Bertz CT molecular complexity index is 361. The summed E-state index contributed by atoms with van der Waals surface area (Å²) in [6, 6.07) is 8.19. The van der Waals surface area contributed by atoms with Gasteiger partial charge in [0.15, 0.2) is 0 Å². The van der Waals surface area contributed by atoms with Crippen LogP contribution in [0, 0.1) is 12.8 Å². The van der Waals surface area contributed by atoms with Crippen LogP contribution in [0.15, 0.2) is 30.3 Å². The summed E-state index contributed by atoms with van der Waals surface area (Å²) in [7, 11) is 0. The number of carbonyl (C=O) groups is 1. The number of ether oxygens (including phenoxy) is 1. The van der Waals surface area contributed by atoms with Gasteiger partial charge in [-0.15, -0.1) is 0 Å². The molecule has 0 N–H and O–H groups in total. The summed E-state index contributed by atoms with van der Waals surface area (Å²) < 4.78 is 5.02. The van der Waals surface area contributed by atoms with E-state index in [-0.39, 0.29) is 11.9 Å². The summed E-state index contributed by atoms with van der Waals surface area (Å²) in [5, 5.41) is 0. The molecule has 1 aromatic rings. The zero-order chi connectivity index (χ0) is 14.0. The summed E-state index contributed by atoms with van der Waals surface area (Å²) in [5.74, 6) is -0.221. The maximum absolute atomic E-state index is 11.1. The van der Waals surface area contributed by atoms with Crippen LogP contribution in [0.1, 0.15) is 38.8 Å². The van der Waals surface area contributed by atoms with Crippen LogP contribution in [-0.2, 0) is 9.53 Å². The molecule has 0 saturated heterocycles. The van der Waals surface area contributed by atoms with Gasteiger partial charge in [0.05, 0.1) is 5.92 Å². The van der Waals surface area contributed by atoms with Crippen molar-refractivity contribution in [2.75, 3.05) is 6.61 Å². The summed E-state index contributed by atoms with van der Waals surface area (Å²) in [5.41, 5.74) is 2.36. The molecular weight excluding hydrogens is 224 g/mol. The molecule has 0 aliphatic rings. The van der Waals surface area contributed by atoms with Crippen molar-refractivity contribution >= 4 is 12.0 Å². The highest BCUT2D eigenvalue weighted by Crippen LogP contribution is 2.05. The van der Waals surface area contributed by atoms with E-state index < -0.39 is 0 Å². The molecule has 0 fully saturated rings. The first kappa shape index (κ1) is 16.4. The Morgan fingerprint density at radius 1 is 1.22 bits per heavy atom. The first-order valence-electron chi connectivity index (χ1n) is 6.49. The fraction of sp³-hybridized carbons (Fsp3) is 0.438. The first-order chi connectivity index (χ1) is 8.59. The molecule has 0 bridgehead atoms. The van der Waals surface area contributed by atoms with Gasteiger partial charge in [0.25, 0.3) is 0 Å². The van der Waals surface area contributed by atoms with Crippen molar-refractivity contribution in [3.05, 3.63) is 41.5 Å². The van der Waals surface area contributed by atoms with Crippen LogP contribution in [0.3, 0.4) is 0 Å². The third kappa shape index (κ3) is 6.89. The molecule has 0 heterocycles. The third-order valence-corrected chi connectivity index (χ3v) is 2.18. The second-order valence-electron chi connectivity index (χ2n) is 4.10. The molecular formula is C16H24O2. The SMILES string of the molecule is CC.Cc1ccc(/C=C/COC(=O)C(C)C)cc1. The van der Waals surface area contributed by atoms with Gasteiger partial charge in [0, 0.05) is 0 Å². The monoisotopic (exact) mass is 248 g/mol. The summed E-state index contributed by atoms with van der Waals surface area (Å²) >= 11 is 0. The Kier molecular flexibility index (Phi) is 8.63. The van der Waals surface area contributed by atoms with E-state index >= 15 is 0 Å². The lowest BCUT2D eigenvalue weighted by Gasteiger charge is -2.03. The fourth-order valence-corrected chi connectivity index (χ4v) is 1.16. The Hall–Kier alpha value is -1.57. The van der Waals surface area contributed by atoms with Gasteiger partial charge in [-0.2, -0.15) is 0 Å². The second-order valence-corrected chi connectivity index (χ2v) is 4.10. The van der Waals surface area contributed by atoms with Crippen molar-refractivity contribution in [2.45, 2.75) is 34.6 Å². The highest BCUT2D eigenvalue weighted by molar-refractivity contribution is 5.71. The van der Waals surface area contributed by atoms with E-state index in [1.165, 1.54) is 5.56 Å². The lowest BCUT2D eigenvalue weighted by molar-refractivity contribution is -0.145. The van der Waals surface area contributed by atoms with Crippen molar-refractivity contribution in [3.63, 3.8) is 0 Å². The summed E-state index contributed by atoms with van der Waals surface area (Å²) in [4.78, 5) is 11.1. The molecule has 0 radical (unpaired) electrons. The lowest BCUT2D eigenvalue weighted by atomic mass is 10.1. The minimum absolute atomic E-state index is 0.0622. The van der Waals surface area contributed by atoms with Crippen LogP contribution >= 0.6 is 0 Å². The van der Waals surface area contributed by atoms with Gasteiger partial charge >= 0.3 is 5.97 Å². The fourth-order valence-electron chi connectivity index (χ4n) is 1.16. The molecule has 0 aliphatic carbocycles. The number of rotatable bonds is 4. The van der Waals surface area contributed by atoms with Gasteiger partial charge in [-0.1, -0.05) is 63.6 Å². The normalized spacial score (nSPS) is 10.1. The number of benzene rings is 1. The molecule has 0 amide bonds. The molecule has 1 aromatic carbocycles. The smallest absolute Gasteiger partial charge is 0.308 e. The maximum Gasteiger partial charge on any atom is 0.308 e. The predicted octanol–water partition coefficient (Wildman–Crippen LogP) is 4.23. The van der Waals surface area contributed by atoms with Crippen molar-refractivity contribution in [1.29, 1.82) is 0 Å². The molecule has 0 unspecified atom stereocenters. The summed E-state index contributed by atoms with van der Waals surface area (Å²) in [6.45, 7) is 10.0. The van der Waals surface area contributed by atoms with E-state index in [4.69, 9.17) is 4.74 Å². The number of aryl methyl sites for hydroxylation is 1. The van der Waals surface area contributed by atoms with Crippen LogP contribution in [0.2, 0.25) is 0 Å². The number of hydrogen-bond donors (Lipinski definition) is 0. The zero-order valence-electron chi connectivity index (χ0n) is 12.1. The zero-order valence-corrected chi connectivity index (χ0v) is 12.1. The first-order valence-corrected chi connectivity index (χ1v) is 6.49. The number of esters is 1. The van der Waals surface area contributed by atoms with Crippen molar-refractivity contribution < 1.29 is 9.53 Å². The molecule has 100 valence electrons. The third-order valence-electron chi connectivity index (χ3n) is 2.18. The Morgan fingerprint density at radius 2 is 1.78 bits per heavy atom. The standard InChI is InChI=1S/C14H18O2.C2H6/c1-11(2)14(15)16-10-4-5-13-8-6-12(3)7-9-13;1-2/h4-9,11H,10H2,1-3H3;1-2H3/b5-4+;. The van der Waals surface area contributed by atoms with Gasteiger partial charge < -0.3 is 4.74 Å². The molecule has 0 aliphatic heterocycles. The minimum atomic E-state index is -0.159. The minimum Gasteiger partial charge on any atom is -0.461 e. The van der Waals surface area contributed by atoms with Crippen LogP contribution in [-0.4, -0.2) is 12.6 Å². The highest BCUT2D eigenvalue weighted by Gasteiger charge is 2.05. The van der Waals surface area contributed by atoms with Crippen molar-refractivity contribution in [1.82, 2.24) is 0 Å². The van der Waals surface area contributed by atoms with Gasteiger partial charge in [0.1, 0.15) is 6.61 Å². The molecule has 0 atom stereocenters. The van der Waals surface area contributed by atoms with E-state index in [1.807, 2.05) is 52.0 Å². The average molecular weight is 248 g/mol. The average Bonchev–Trinajstić information content (AvgIpc) is 2.38. The number of hydrogen-bond acceptors (Lipinski definition) is 2. The van der Waals surface area contributed by atoms with E-state index in [9.17, 15) is 4.79 Å². The Balaban J connectivity index is 0.00000137. The molecule has 0 saturated carbocycles. The Morgan fingerprint density at radius 3 is 2.28 bits per heavy atom. The van der Waals surface area contributed by atoms with Crippen LogP contribution in [0.25, 0.3) is 6.08 Å². The van der Waals surface area contributed by atoms with E-state index in [0.29, 0.717) is 6.61 Å². The molecule has 0 aromatic heterocycles. The molecule has 18 heavy (non-hydrogen) atoms. The van der Waals surface area contributed by atoms with Crippen molar-refractivity contribution in [3.8, 4) is 0 Å². The van der Waals surface area contributed by atoms with E-state index in [1.54, 1.807) is 0 Å². The van der Waals surface area contributed by atoms with Gasteiger partial charge in [-0.25, -0.2) is 0 Å². The predicted molar refractivity (Wildman–Crippen MR) is 77.4 cm³/mol. The van der Waals surface area contributed by atoms with E-state index in [2.05, 4.69) is 19.1 Å². The molecule has 2 heteroatoms. The number of carbonyl (C=O) groups excluding carboxylic acids is 1. The van der Waals surface area contributed by atoms with Crippen molar-refractivity contribution in [2.24, 2.45) is 5.92 Å². The Labute approximate surface area is 111 Å². The maximum atomic E-state index is 11.1. The summed E-state index contributed by atoms with van der Waals surface area (Å²) in [6.07, 6.45) is 3.80. The van der Waals surface area contributed by atoms with E-state index in [0.717, 1.165) is 5.56 Å².